The molecule has 18 heavy (non-hydrogen) atoms. The molecule has 1 aliphatic rings. The Morgan fingerprint density at radius 1 is 1.56 bits per heavy atom. The van der Waals surface area contributed by atoms with E-state index in [2.05, 4.69) is 22.0 Å². The second kappa shape index (κ2) is 5.53. The minimum atomic E-state index is -0.0184. The average Bonchev–Trinajstić information content (AvgIpc) is 2.36. The van der Waals surface area contributed by atoms with Crippen molar-refractivity contribution >= 4 is 21.8 Å². The van der Waals surface area contributed by atoms with Crippen LogP contribution in [0.5, 0.6) is 0 Å². The second-order valence-electron chi connectivity index (χ2n) is 4.71. The first kappa shape index (κ1) is 13.1. The van der Waals surface area contributed by atoms with Crippen LogP contribution in [0.1, 0.15) is 24.0 Å². The third-order valence-electron chi connectivity index (χ3n) is 3.36. The molecule has 0 spiro atoms. The van der Waals surface area contributed by atoms with Gasteiger partial charge in [0.2, 0.25) is 5.91 Å². The van der Waals surface area contributed by atoms with E-state index in [1.54, 1.807) is 4.90 Å². The molecule has 1 aliphatic heterocycles. The lowest BCUT2D eigenvalue weighted by Gasteiger charge is -2.30. The maximum absolute atomic E-state index is 11.9. The largest absolute Gasteiger partial charge is 0.337 e. The molecular weight excluding hydrogens is 292 g/mol. The number of hydrogen-bond donors (Lipinski definition) is 0. The number of nitrogens with zero attached hydrogens (tertiary/aromatic N) is 2. The molecule has 0 aliphatic carbocycles. The Kier molecular flexibility index (Phi) is 4.03. The number of rotatable bonds is 2. The number of nitriles is 1. The Morgan fingerprint density at radius 3 is 3.06 bits per heavy atom. The molecule has 1 heterocycles. The van der Waals surface area contributed by atoms with Gasteiger partial charge in [-0.2, -0.15) is 5.26 Å². The molecule has 1 atom stereocenters. The second-order valence-corrected chi connectivity index (χ2v) is 5.63. The van der Waals surface area contributed by atoms with Gasteiger partial charge in [-0.3, -0.25) is 4.79 Å². The van der Waals surface area contributed by atoms with Crippen molar-refractivity contribution in [1.29, 1.82) is 5.26 Å². The molecule has 0 N–H and O–H groups in total. The molecule has 1 saturated heterocycles. The number of carbonyl (C=O) groups is 1. The quantitative estimate of drug-likeness (QED) is 0.843. The molecule has 2 rings (SSSR count). The Bertz CT molecular complexity index is 507. The van der Waals surface area contributed by atoms with Gasteiger partial charge in [-0.1, -0.05) is 22.0 Å². The zero-order chi connectivity index (χ0) is 13.1. The van der Waals surface area contributed by atoms with E-state index >= 15 is 0 Å². The Morgan fingerprint density at radius 2 is 2.33 bits per heavy atom. The highest BCUT2D eigenvalue weighted by Gasteiger charge is 2.25. The monoisotopic (exact) mass is 306 g/mol. The normalized spacial score (nSPS) is 19.7. The van der Waals surface area contributed by atoms with Gasteiger partial charge in [0.15, 0.2) is 0 Å². The summed E-state index contributed by atoms with van der Waals surface area (Å²) in [6, 6.07) is 8.34. The molecule has 3 nitrogen and oxygen atoms in total. The van der Waals surface area contributed by atoms with Crippen molar-refractivity contribution < 1.29 is 4.79 Å². The topological polar surface area (TPSA) is 44.1 Å². The van der Waals surface area contributed by atoms with Crippen molar-refractivity contribution in [3.8, 4) is 6.07 Å². The first-order valence-electron chi connectivity index (χ1n) is 6.02. The number of aryl methyl sites for hydroxylation is 1. The van der Waals surface area contributed by atoms with Crippen molar-refractivity contribution in [3.63, 3.8) is 0 Å². The number of halogens is 1. The van der Waals surface area contributed by atoms with Crippen LogP contribution in [0.3, 0.4) is 0 Å². The first-order valence-corrected chi connectivity index (χ1v) is 6.82. The summed E-state index contributed by atoms with van der Waals surface area (Å²) in [5.41, 5.74) is 2.31. The zero-order valence-electron chi connectivity index (χ0n) is 10.3. The van der Waals surface area contributed by atoms with Crippen molar-refractivity contribution in [2.24, 2.45) is 5.92 Å². The van der Waals surface area contributed by atoms with Gasteiger partial charge < -0.3 is 4.90 Å². The van der Waals surface area contributed by atoms with E-state index in [0.717, 1.165) is 10.0 Å². The number of hydrogen-bond acceptors (Lipinski definition) is 2. The lowest BCUT2D eigenvalue weighted by atomic mass is 9.98. The molecular formula is C14H15BrN2O. The van der Waals surface area contributed by atoms with Crippen molar-refractivity contribution in [2.45, 2.75) is 26.3 Å². The fourth-order valence-corrected chi connectivity index (χ4v) is 2.60. The lowest BCUT2D eigenvalue weighted by Crippen LogP contribution is -2.39. The van der Waals surface area contributed by atoms with E-state index in [4.69, 9.17) is 5.26 Å². The van der Waals surface area contributed by atoms with Gasteiger partial charge in [0.05, 0.1) is 12.0 Å². The molecule has 0 aromatic heterocycles. The fraction of sp³-hybridized carbons (Fsp3) is 0.429. The fourth-order valence-electron chi connectivity index (χ4n) is 2.19. The van der Waals surface area contributed by atoms with Crippen molar-refractivity contribution in [3.05, 3.63) is 33.8 Å². The van der Waals surface area contributed by atoms with E-state index in [9.17, 15) is 4.79 Å². The van der Waals surface area contributed by atoms with Crippen LogP contribution >= 0.6 is 15.9 Å². The molecule has 1 aromatic rings. The van der Waals surface area contributed by atoms with Crippen molar-refractivity contribution in [1.82, 2.24) is 4.90 Å². The molecule has 4 heteroatoms. The molecule has 1 fully saturated rings. The molecule has 1 amide bonds. The van der Waals surface area contributed by atoms with Gasteiger partial charge in [-0.05, 0) is 36.6 Å². The third-order valence-corrected chi connectivity index (χ3v) is 3.85. The van der Waals surface area contributed by atoms with Crippen LogP contribution < -0.4 is 0 Å². The molecule has 1 aromatic carbocycles. The predicted octanol–water partition coefficient (Wildman–Crippen LogP) is 3.02. The van der Waals surface area contributed by atoms with Crippen molar-refractivity contribution in [2.75, 3.05) is 6.54 Å². The summed E-state index contributed by atoms with van der Waals surface area (Å²) in [5, 5.41) is 8.96. The van der Waals surface area contributed by atoms with Gasteiger partial charge in [-0.15, -0.1) is 0 Å². The van der Waals surface area contributed by atoms with Crippen LogP contribution in [-0.2, 0) is 11.3 Å². The van der Waals surface area contributed by atoms with Gasteiger partial charge >= 0.3 is 0 Å². The van der Waals surface area contributed by atoms with E-state index < -0.39 is 0 Å². The number of carbonyl (C=O) groups excluding carboxylic acids is 1. The summed E-state index contributed by atoms with van der Waals surface area (Å²) in [5.74, 6) is 0.135. The average molecular weight is 307 g/mol. The minimum absolute atomic E-state index is 0.0184. The summed E-state index contributed by atoms with van der Waals surface area (Å²) >= 11 is 3.45. The smallest absolute Gasteiger partial charge is 0.222 e. The van der Waals surface area contributed by atoms with Crippen LogP contribution in [-0.4, -0.2) is 17.4 Å². The van der Waals surface area contributed by atoms with Gasteiger partial charge in [-0.25, -0.2) is 0 Å². The maximum Gasteiger partial charge on any atom is 0.222 e. The summed E-state index contributed by atoms with van der Waals surface area (Å²) < 4.78 is 1.02. The number of benzene rings is 1. The minimum Gasteiger partial charge on any atom is -0.337 e. The van der Waals surface area contributed by atoms with Crippen LogP contribution in [0.15, 0.2) is 22.7 Å². The van der Waals surface area contributed by atoms with Crippen LogP contribution in [0.4, 0.5) is 0 Å². The van der Waals surface area contributed by atoms with Gasteiger partial charge in [0, 0.05) is 24.0 Å². The number of likely N-dealkylation sites (tertiary alicyclic amines) is 1. The first-order chi connectivity index (χ1) is 8.60. The van der Waals surface area contributed by atoms with E-state index in [-0.39, 0.29) is 11.8 Å². The molecule has 0 radical (unpaired) electrons. The van der Waals surface area contributed by atoms with Crippen LogP contribution in [0, 0.1) is 24.2 Å². The van der Waals surface area contributed by atoms with E-state index in [0.29, 0.717) is 25.9 Å². The molecule has 1 unspecified atom stereocenters. The van der Waals surface area contributed by atoms with Crippen LogP contribution in [0.25, 0.3) is 0 Å². The molecule has 0 saturated carbocycles. The predicted molar refractivity (Wildman–Crippen MR) is 72.6 cm³/mol. The Labute approximate surface area is 116 Å². The summed E-state index contributed by atoms with van der Waals surface area (Å²) in [6.45, 7) is 3.20. The zero-order valence-corrected chi connectivity index (χ0v) is 11.9. The van der Waals surface area contributed by atoms with Gasteiger partial charge in [0.1, 0.15) is 0 Å². The SMILES string of the molecule is Cc1ccc(Br)cc1CN1CC(C#N)CCC1=O. The summed E-state index contributed by atoms with van der Waals surface area (Å²) in [4.78, 5) is 13.7. The standard InChI is InChI=1S/C14H15BrN2O/c1-10-2-4-13(15)6-12(10)9-17-8-11(7-16)3-5-14(17)18/h2,4,6,11H,3,5,8-9H2,1H3. The van der Waals surface area contributed by atoms with E-state index in [1.165, 1.54) is 5.56 Å². The van der Waals surface area contributed by atoms with Crippen LogP contribution in [0.2, 0.25) is 0 Å². The highest BCUT2D eigenvalue weighted by Crippen LogP contribution is 2.22. The number of piperidine rings is 1. The lowest BCUT2D eigenvalue weighted by molar-refractivity contribution is -0.134. The number of amides is 1. The Balaban J connectivity index is 2.14. The Hall–Kier alpha value is -1.34. The maximum atomic E-state index is 11.9. The summed E-state index contributed by atoms with van der Waals surface area (Å²) in [7, 11) is 0. The molecule has 0 bridgehead atoms. The highest BCUT2D eigenvalue weighted by atomic mass is 79.9. The molecule has 94 valence electrons. The van der Waals surface area contributed by atoms with E-state index in [1.807, 2.05) is 25.1 Å². The third kappa shape index (κ3) is 2.91. The summed E-state index contributed by atoms with van der Waals surface area (Å²) in [6.07, 6.45) is 1.19. The highest BCUT2D eigenvalue weighted by molar-refractivity contribution is 9.10. The van der Waals surface area contributed by atoms with Gasteiger partial charge in [0.25, 0.3) is 0 Å².